The standard InChI is InChI=1S/C24H26N2O4/c1-16-8-19(12-25)9-17(2)22(16)24(28)10-20-14-29-15-21(11-24)26(20)23(27)30-13-18-6-4-3-5-7-18/h3-9,20-21,28H,10-11,13-15H2,1-2H3. The Balaban J connectivity index is 1.55. The Hall–Kier alpha value is -2.88. The lowest BCUT2D eigenvalue weighted by Crippen LogP contribution is -2.62. The van der Waals surface area contributed by atoms with Crippen molar-refractivity contribution in [3.05, 3.63) is 70.3 Å². The molecule has 2 aromatic carbocycles. The summed E-state index contributed by atoms with van der Waals surface area (Å²) in [5.74, 6) is 0. The molecule has 2 unspecified atom stereocenters. The molecule has 30 heavy (non-hydrogen) atoms. The predicted molar refractivity (Wildman–Crippen MR) is 111 cm³/mol. The van der Waals surface area contributed by atoms with Crippen molar-refractivity contribution in [2.75, 3.05) is 13.2 Å². The number of nitriles is 1. The van der Waals surface area contributed by atoms with Crippen molar-refractivity contribution in [1.29, 1.82) is 5.26 Å². The number of aryl methyl sites for hydroxylation is 2. The van der Waals surface area contributed by atoms with E-state index in [0.717, 1.165) is 22.3 Å². The average Bonchev–Trinajstić information content (AvgIpc) is 2.71. The van der Waals surface area contributed by atoms with E-state index in [1.807, 2.05) is 56.3 Å². The fourth-order valence-electron chi connectivity index (χ4n) is 5.03. The number of hydrogen-bond donors (Lipinski definition) is 1. The summed E-state index contributed by atoms with van der Waals surface area (Å²) < 4.78 is 11.3. The van der Waals surface area contributed by atoms with Crippen LogP contribution in [0.1, 0.15) is 40.7 Å². The lowest BCUT2D eigenvalue weighted by atomic mass is 9.74. The first-order valence-electron chi connectivity index (χ1n) is 10.2. The number of fused-ring (bicyclic) bond motifs is 2. The molecule has 0 spiro atoms. The van der Waals surface area contributed by atoms with Crippen LogP contribution in [0.2, 0.25) is 0 Å². The largest absolute Gasteiger partial charge is 0.445 e. The number of rotatable bonds is 3. The van der Waals surface area contributed by atoms with E-state index in [0.29, 0.717) is 31.6 Å². The Morgan fingerprint density at radius 2 is 1.80 bits per heavy atom. The Kier molecular flexibility index (Phi) is 5.50. The van der Waals surface area contributed by atoms with Gasteiger partial charge in [-0.15, -0.1) is 0 Å². The number of carbonyl (C=O) groups is 1. The first-order chi connectivity index (χ1) is 14.4. The Labute approximate surface area is 176 Å². The molecule has 0 aromatic heterocycles. The van der Waals surface area contributed by atoms with Crippen LogP contribution in [0, 0.1) is 25.2 Å². The zero-order valence-electron chi connectivity index (χ0n) is 17.3. The van der Waals surface area contributed by atoms with Crippen molar-refractivity contribution in [2.24, 2.45) is 0 Å². The van der Waals surface area contributed by atoms with Gasteiger partial charge in [-0.2, -0.15) is 5.26 Å². The minimum Gasteiger partial charge on any atom is -0.445 e. The maximum atomic E-state index is 12.9. The highest BCUT2D eigenvalue weighted by Crippen LogP contribution is 2.43. The molecule has 2 atom stereocenters. The lowest BCUT2D eigenvalue weighted by molar-refractivity contribution is -0.137. The first-order valence-corrected chi connectivity index (χ1v) is 10.2. The number of amides is 1. The minimum absolute atomic E-state index is 0.217. The fourth-order valence-corrected chi connectivity index (χ4v) is 5.03. The van der Waals surface area contributed by atoms with Gasteiger partial charge in [-0.25, -0.2) is 4.79 Å². The number of aliphatic hydroxyl groups is 1. The van der Waals surface area contributed by atoms with Crippen LogP contribution in [0.25, 0.3) is 0 Å². The molecule has 2 aliphatic heterocycles. The SMILES string of the molecule is Cc1cc(C#N)cc(C)c1C1(O)CC2COCC(C1)N2C(=O)OCc1ccccc1. The van der Waals surface area contributed by atoms with Gasteiger partial charge in [-0.3, -0.25) is 4.90 Å². The van der Waals surface area contributed by atoms with Gasteiger partial charge in [0.25, 0.3) is 0 Å². The average molecular weight is 406 g/mol. The Bertz CT molecular complexity index is 945. The lowest BCUT2D eigenvalue weighted by Gasteiger charge is -2.51. The molecule has 6 nitrogen and oxygen atoms in total. The number of ether oxygens (including phenoxy) is 2. The van der Waals surface area contributed by atoms with Crippen molar-refractivity contribution >= 4 is 6.09 Å². The molecule has 4 rings (SSSR count). The van der Waals surface area contributed by atoms with E-state index in [9.17, 15) is 15.2 Å². The van der Waals surface area contributed by atoms with Crippen LogP contribution < -0.4 is 0 Å². The summed E-state index contributed by atoms with van der Waals surface area (Å²) in [7, 11) is 0. The molecule has 2 aromatic rings. The fraction of sp³-hybridized carbons (Fsp3) is 0.417. The van der Waals surface area contributed by atoms with Crippen molar-refractivity contribution in [1.82, 2.24) is 4.90 Å². The summed E-state index contributed by atoms with van der Waals surface area (Å²) in [6.45, 7) is 4.80. The van der Waals surface area contributed by atoms with Gasteiger partial charge in [-0.1, -0.05) is 30.3 Å². The van der Waals surface area contributed by atoms with Gasteiger partial charge in [0.2, 0.25) is 0 Å². The van der Waals surface area contributed by atoms with Gasteiger partial charge >= 0.3 is 6.09 Å². The van der Waals surface area contributed by atoms with E-state index in [2.05, 4.69) is 6.07 Å². The van der Waals surface area contributed by atoms with Crippen LogP contribution in [-0.2, 0) is 21.7 Å². The molecule has 0 saturated carbocycles. The Morgan fingerprint density at radius 3 is 2.37 bits per heavy atom. The third kappa shape index (κ3) is 3.79. The second-order valence-corrected chi connectivity index (χ2v) is 8.33. The number of hydrogen-bond acceptors (Lipinski definition) is 5. The molecule has 2 aliphatic rings. The van der Waals surface area contributed by atoms with E-state index >= 15 is 0 Å². The summed E-state index contributed by atoms with van der Waals surface area (Å²) in [6.07, 6.45) is 0.377. The number of morpholine rings is 1. The van der Waals surface area contributed by atoms with E-state index in [-0.39, 0.29) is 24.8 Å². The van der Waals surface area contributed by atoms with E-state index in [4.69, 9.17) is 9.47 Å². The summed E-state index contributed by atoms with van der Waals surface area (Å²) in [5, 5.41) is 20.9. The summed E-state index contributed by atoms with van der Waals surface area (Å²) in [5.41, 5.74) is 3.10. The van der Waals surface area contributed by atoms with Gasteiger partial charge < -0.3 is 14.6 Å². The third-order valence-electron chi connectivity index (χ3n) is 6.10. The van der Waals surface area contributed by atoms with E-state index in [1.54, 1.807) is 4.90 Å². The molecule has 0 radical (unpaired) electrons. The summed E-state index contributed by atoms with van der Waals surface area (Å²) in [6, 6.07) is 14.9. The minimum atomic E-state index is -1.07. The number of carbonyl (C=O) groups excluding carboxylic acids is 1. The van der Waals surface area contributed by atoms with Crippen LogP contribution in [-0.4, -0.2) is 41.4 Å². The number of nitrogens with zero attached hydrogens (tertiary/aromatic N) is 2. The number of piperidine rings is 1. The monoisotopic (exact) mass is 406 g/mol. The van der Waals surface area contributed by atoms with Crippen LogP contribution in [0.3, 0.4) is 0 Å². The van der Waals surface area contributed by atoms with Crippen molar-refractivity contribution in [3.63, 3.8) is 0 Å². The first kappa shape index (κ1) is 20.4. The second kappa shape index (κ2) is 8.10. The van der Waals surface area contributed by atoms with Gasteiger partial charge in [0.1, 0.15) is 6.61 Å². The molecule has 156 valence electrons. The quantitative estimate of drug-likeness (QED) is 0.843. The molecule has 2 bridgehead atoms. The van der Waals surface area contributed by atoms with E-state index in [1.165, 1.54) is 0 Å². The van der Waals surface area contributed by atoms with Crippen LogP contribution in [0.4, 0.5) is 4.79 Å². The van der Waals surface area contributed by atoms with Crippen LogP contribution in [0.5, 0.6) is 0 Å². The highest BCUT2D eigenvalue weighted by molar-refractivity contribution is 5.69. The van der Waals surface area contributed by atoms with Crippen LogP contribution in [0.15, 0.2) is 42.5 Å². The van der Waals surface area contributed by atoms with E-state index < -0.39 is 5.60 Å². The normalized spacial score (nSPS) is 25.5. The maximum Gasteiger partial charge on any atom is 0.410 e. The Morgan fingerprint density at radius 1 is 1.20 bits per heavy atom. The molecule has 6 heteroatoms. The van der Waals surface area contributed by atoms with Gasteiger partial charge in [0.15, 0.2) is 0 Å². The van der Waals surface area contributed by atoms with Gasteiger partial charge in [-0.05, 0) is 48.2 Å². The van der Waals surface area contributed by atoms with Crippen LogP contribution >= 0.6 is 0 Å². The van der Waals surface area contributed by atoms with Crippen molar-refractivity contribution in [3.8, 4) is 6.07 Å². The smallest absolute Gasteiger partial charge is 0.410 e. The summed E-state index contributed by atoms with van der Waals surface area (Å²) >= 11 is 0. The third-order valence-corrected chi connectivity index (χ3v) is 6.10. The van der Waals surface area contributed by atoms with Crippen molar-refractivity contribution in [2.45, 2.75) is 51.0 Å². The topological polar surface area (TPSA) is 82.8 Å². The highest BCUT2D eigenvalue weighted by atomic mass is 16.6. The summed E-state index contributed by atoms with van der Waals surface area (Å²) in [4.78, 5) is 14.6. The molecule has 2 fully saturated rings. The molecule has 2 saturated heterocycles. The molecule has 0 aliphatic carbocycles. The molecule has 2 heterocycles. The number of benzene rings is 2. The zero-order chi connectivity index (χ0) is 21.3. The zero-order valence-corrected chi connectivity index (χ0v) is 17.3. The predicted octanol–water partition coefficient (Wildman–Crippen LogP) is 3.56. The van der Waals surface area contributed by atoms with Gasteiger partial charge in [0, 0.05) is 12.8 Å². The molecule has 1 N–H and O–H groups in total. The highest BCUT2D eigenvalue weighted by Gasteiger charge is 2.50. The molecular formula is C24H26N2O4. The molecular weight excluding hydrogens is 380 g/mol. The maximum absolute atomic E-state index is 12.9. The van der Waals surface area contributed by atoms with Gasteiger partial charge in [0.05, 0.1) is 42.5 Å². The molecule has 1 amide bonds. The van der Waals surface area contributed by atoms with Crippen molar-refractivity contribution < 1.29 is 19.4 Å². The second-order valence-electron chi connectivity index (χ2n) is 8.33.